The lowest BCUT2D eigenvalue weighted by molar-refractivity contribution is -0.150. The van der Waals surface area contributed by atoms with Gasteiger partial charge in [-0.2, -0.15) is 0 Å². The Hall–Kier alpha value is -2.53. The van der Waals surface area contributed by atoms with Crippen LogP contribution in [0.3, 0.4) is 0 Å². The number of carbonyl (C=O) groups is 2. The number of esters is 1. The minimum absolute atomic E-state index is 0.120. The van der Waals surface area contributed by atoms with E-state index in [-0.39, 0.29) is 25.2 Å². The number of amides is 1. The highest BCUT2D eigenvalue weighted by Gasteiger charge is 2.28. The molecular formula is C21H22ClNO4. The number of carbonyl (C=O) groups excluding carboxylic acids is 2. The summed E-state index contributed by atoms with van der Waals surface area (Å²) >= 11 is 6.24. The smallest absolute Gasteiger partial charge is 0.344 e. The topological polar surface area (TPSA) is 64.6 Å². The van der Waals surface area contributed by atoms with Crippen molar-refractivity contribution >= 4 is 23.5 Å². The van der Waals surface area contributed by atoms with E-state index >= 15 is 0 Å². The molecule has 0 aliphatic heterocycles. The highest BCUT2D eigenvalue weighted by atomic mass is 35.5. The van der Waals surface area contributed by atoms with Gasteiger partial charge >= 0.3 is 5.97 Å². The van der Waals surface area contributed by atoms with Gasteiger partial charge in [0.2, 0.25) is 0 Å². The van der Waals surface area contributed by atoms with Crippen molar-refractivity contribution in [3.8, 4) is 16.9 Å². The number of halogens is 1. The maximum Gasteiger partial charge on any atom is 0.344 e. The van der Waals surface area contributed by atoms with Crippen LogP contribution in [0.25, 0.3) is 11.1 Å². The quantitative estimate of drug-likeness (QED) is 0.699. The lowest BCUT2D eigenvalue weighted by Crippen LogP contribution is -2.37. The lowest BCUT2D eigenvalue weighted by atomic mass is 10.1. The van der Waals surface area contributed by atoms with Gasteiger partial charge < -0.3 is 14.8 Å². The second-order valence-corrected chi connectivity index (χ2v) is 7.06. The molecule has 5 nitrogen and oxygen atoms in total. The summed E-state index contributed by atoms with van der Waals surface area (Å²) in [6.07, 6.45) is 2.28. The monoisotopic (exact) mass is 387 g/mol. The third-order valence-corrected chi connectivity index (χ3v) is 4.76. The Morgan fingerprint density at radius 3 is 2.52 bits per heavy atom. The van der Waals surface area contributed by atoms with Crippen LogP contribution in [0.15, 0.2) is 48.5 Å². The van der Waals surface area contributed by atoms with Crippen molar-refractivity contribution in [2.24, 2.45) is 5.92 Å². The second-order valence-electron chi connectivity index (χ2n) is 6.65. The summed E-state index contributed by atoms with van der Waals surface area (Å²) in [5.41, 5.74) is 1.99. The molecular weight excluding hydrogens is 366 g/mol. The molecule has 1 aliphatic rings. The summed E-state index contributed by atoms with van der Waals surface area (Å²) in [5.74, 6) is 0.0227. The van der Waals surface area contributed by atoms with E-state index in [2.05, 4.69) is 5.32 Å². The molecule has 27 heavy (non-hydrogen) atoms. The van der Waals surface area contributed by atoms with E-state index in [1.165, 1.54) is 0 Å². The first kappa shape index (κ1) is 19.2. The van der Waals surface area contributed by atoms with Gasteiger partial charge in [0, 0.05) is 6.04 Å². The SMILES string of the molecule is C[C@@H](NC(=O)COC(=O)COc1ccc(-c2ccccc2)cc1Cl)C1CC1. The highest BCUT2D eigenvalue weighted by molar-refractivity contribution is 6.32. The van der Waals surface area contributed by atoms with E-state index in [0.717, 1.165) is 24.0 Å². The predicted octanol–water partition coefficient (Wildman–Crippen LogP) is 3.84. The Labute approximate surface area is 163 Å². The van der Waals surface area contributed by atoms with E-state index in [9.17, 15) is 9.59 Å². The molecule has 142 valence electrons. The average Bonchev–Trinajstić information content (AvgIpc) is 3.51. The Bertz CT molecular complexity index is 805. The molecule has 0 unspecified atom stereocenters. The predicted molar refractivity (Wildman–Crippen MR) is 104 cm³/mol. The molecule has 0 bridgehead atoms. The Morgan fingerprint density at radius 2 is 1.85 bits per heavy atom. The molecule has 1 N–H and O–H groups in total. The number of rotatable bonds is 8. The fourth-order valence-corrected chi connectivity index (χ4v) is 3.00. The van der Waals surface area contributed by atoms with Crippen LogP contribution in [-0.2, 0) is 14.3 Å². The first-order chi connectivity index (χ1) is 13.0. The molecule has 3 rings (SSSR count). The fraction of sp³-hybridized carbons (Fsp3) is 0.333. The molecule has 1 saturated carbocycles. The molecule has 0 aromatic heterocycles. The van der Waals surface area contributed by atoms with Gasteiger partial charge in [0.05, 0.1) is 5.02 Å². The Balaban J connectivity index is 1.45. The largest absolute Gasteiger partial charge is 0.480 e. The van der Waals surface area contributed by atoms with Crippen LogP contribution in [0.1, 0.15) is 19.8 Å². The first-order valence-electron chi connectivity index (χ1n) is 8.95. The minimum Gasteiger partial charge on any atom is -0.480 e. The molecule has 2 aromatic rings. The summed E-state index contributed by atoms with van der Waals surface area (Å²) in [6, 6.07) is 15.3. The summed E-state index contributed by atoms with van der Waals surface area (Å²) in [7, 11) is 0. The molecule has 1 amide bonds. The van der Waals surface area contributed by atoms with Gasteiger partial charge in [-0.15, -0.1) is 0 Å². The maximum absolute atomic E-state index is 11.8. The van der Waals surface area contributed by atoms with E-state index in [1.807, 2.05) is 43.3 Å². The van der Waals surface area contributed by atoms with Crippen molar-refractivity contribution in [3.05, 3.63) is 53.6 Å². The van der Waals surface area contributed by atoms with Gasteiger partial charge in [0.25, 0.3) is 5.91 Å². The molecule has 0 radical (unpaired) electrons. The van der Waals surface area contributed by atoms with Gasteiger partial charge in [0.15, 0.2) is 13.2 Å². The zero-order valence-corrected chi connectivity index (χ0v) is 15.9. The molecule has 2 aromatic carbocycles. The van der Waals surface area contributed by atoms with Crippen LogP contribution in [-0.4, -0.2) is 31.1 Å². The second kappa shape index (κ2) is 8.91. The first-order valence-corrected chi connectivity index (χ1v) is 9.33. The average molecular weight is 388 g/mol. The lowest BCUT2D eigenvalue weighted by Gasteiger charge is -2.13. The molecule has 1 fully saturated rings. The van der Waals surface area contributed by atoms with Crippen LogP contribution >= 0.6 is 11.6 Å². The Morgan fingerprint density at radius 1 is 1.11 bits per heavy atom. The van der Waals surface area contributed by atoms with Gasteiger partial charge in [-0.25, -0.2) is 4.79 Å². The van der Waals surface area contributed by atoms with Gasteiger partial charge in [0.1, 0.15) is 5.75 Å². The maximum atomic E-state index is 11.8. The molecule has 0 spiro atoms. The van der Waals surface area contributed by atoms with Crippen molar-refractivity contribution < 1.29 is 19.1 Å². The fourth-order valence-electron chi connectivity index (χ4n) is 2.76. The van der Waals surface area contributed by atoms with E-state index in [0.29, 0.717) is 16.7 Å². The third-order valence-electron chi connectivity index (χ3n) is 4.47. The summed E-state index contributed by atoms with van der Waals surface area (Å²) in [6.45, 7) is 1.34. The standard InChI is InChI=1S/C21H22ClNO4/c1-14(15-7-8-15)23-20(24)12-27-21(25)13-26-19-10-9-17(11-18(19)22)16-5-3-2-4-6-16/h2-6,9-11,14-15H,7-8,12-13H2,1H3,(H,23,24)/t14-/m1/s1. The minimum atomic E-state index is -0.618. The number of ether oxygens (including phenoxy) is 2. The van der Waals surface area contributed by atoms with Crippen molar-refractivity contribution in [1.29, 1.82) is 0 Å². The van der Waals surface area contributed by atoms with Crippen molar-refractivity contribution in [3.63, 3.8) is 0 Å². The number of benzene rings is 2. The molecule has 1 atom stereocenters. The molecule has 1 aliphatic carbocycles. The number of hydrogen-bond donors (Lipinski definition) is 1. The van der Waals surface area contributed by atoms with Crippen LogP contribution in [0.2, 0.25) is 5.02 Å². The Kier molecular flexibility index (Phi) is 6.35. The van der Waals surface area contributed by atoms with E-state index < -0.39 is 5.97 Å². The summed E-state index contributed by atoms with van der Waals surface area (Å²) in [5, 5.41) is 3.23. The molecule has 6 heteroatoms. The zero-order valence-electron chi connectivity index (χ0n) is 15.1. The van der Waals surface area contributed by atoms with Crippen molar-refractivity contribution in [2.45, 2.75) is 25.8 Å². The van der Waals surface area contributed by atoms with Crippen LogP contribution in [0, 0.1) is 5.92 Å². The van der Waals surface area contributed by atoms with Gasteiger partial charge in [-0.05, 0) is 48.9 Å². The normalized spacial score (nSPS) is 14.3. The summed E-state index contributed by atoms with van der Waals surface area (Å²) < 4.78 is 10.4. The van der Waals surface area contributed by atoms with E-state index in [1.54, 1.807) is 12.1 Å². The van der Waals surface area contributed by atoms with Crippen molar-refractivity contribution in [2.75, 3.05) is 13.2 Å². The van der Waals surface area contributed by atoms with Crippen LogP contribution in [0.4, 0.5) is 0 Å². The number of hydrogen-bond acceptors (Lipinski definition) is 4. The summed E-state index contributed by atoms with van der Waals surface area (Å²) in [4.78, 5) is 23.5. The van der Waals surface area contributed by atoms with Gasteiger partial charge in [-0.1, -0.05) is 48.0 Å². The van der Waals surface area contributed by atoms with Gasteiger partial charge in [-0.3, -0.25) is 4.79 Å². The third kappa shape index (κ3) is 5.73. The highest BCUT2D eigenvalue weighted by Crippen LogP contribution is 2.32. The van der Waals surface area contributed by atoms with Crippen LogP contribution < -0.4 is 10.1 Å². The molecule has 0 heterocycles. The van der Waals surface area contributed by atoms with Crippen LogP contribution in [0.5, 0.6) is 5.75 Å². The van der Waals surface area contributed by atoms with E-state index in [4.69, 9.17) is 21.1 Å². The van der Waals surface area contributed by atoms with Crippen molar-refractivity contribution in [1.82, 2.24) is 5.32 Å². The zero-order chi connectivity index (χ0) is 19.2. The number of nitrogens with one attached hydrogen (secondary N) is 1. The molecule has 0 saturated heterocycles.